The van der Waals surface area contributed by atoms with Gasteiger partial charge in [-0.25, -0.2) is 4.79 Å². The predicted molar refractivity (Wildman–Crippen MR) is 139 cm³/mol. The fourth-order valence-electron chi connectivity index (χ4n) is 3.42. The number of hydrogen-bond donors (Lipinski definition) is 7. The van der Waals surface area contributed by atoms with Crippen LogP contribution in [-0.2, 0) is 30.4 Å². The Hall–Kier alpha value is -3.32. The molecule has 0 saturated carbocycles. The summed E-state index contributed by atoms with van der Waals surface area (Å²) >= 11 is 1.47. The van der Waals surface area contributed by atoms with Crippen molar-refractivity contribution in [2.24, 2.45) is 17.4 Å². The van der Waals surface area contributed by atoms with Crippen LogP contribution in [0.15, 0.2) is 24.3 Å². The van der Waals surface area contributed by atoms with Crippen LogP contribution in [0.1, 0.15) is 38.7 Å². The Balaban J connectivity index is 3.14. The molecule has 1 aromatic carbocycles. The maximum atomic E-state index is 13.2. The molecule has 4 amide bonds. The van der Waals surface area contributed by atoms with E-state index >= 15 is 0 Å². The molecular formula is C24H37N5O7S. The molecule has 0 fully saturated rings. The van der Waals surface area contributed by atoms with Crippen molar-refractivity contribution >= 4 is 41.4 Å². The van der Waals surface area contributed by atoms with E-state index < -0.39 is 60.2 Å². The van der Waals surface area contributed by atoms with E-state index in [1.807, 2.05) is 20.1 Å². The topological polar surface area (TPSA) is 214 Å². The first-order valence-corrected chi connectivity index (χ1v) is 13.2. The Labute approximate surface area is 220 Å². The number of phenols is 1. The maximum absolute atomic E-state index is 13.2. The van der Waals surface area contributed by atoms with Crippen LogP contribution in [0.5, 0.6) is 5.75 Å². The van der Waals surface area contributed by atoms with E-state index in [1.165, 1.54) is 36.0 Å². The molecule has 0 aliphatic rings. The third-order valence-electron chi connectivity index (χ3n) is 5.33. The van der Waals surface area contributed by atoms with E-state index in [0.717, 1.165) is 0 Å². The van der Waals surface area contributed by atoms with Crippen LogP contribution in [-0.4, -0.2) is 76.0 Å². The number of rotatable bonds is 16. The van der Waals surface area contributed by atoms with E-state index in [0.29, 0.717) is 17.7 Å². The second kappa shape index (κ2) is 15.7. The Morgan fingerprint density at radius 1 is 0.919 bits per heavy atom. The number of carboxylic acids is 1. The number of nitrogens with two attached hydrogens (primary N) is 2. The summed E-state index contributed by atoms with van der Waals surface area (Å²) < 4.78 is 0. The number of phenolic OH excluding ortho intramolecular Hbond substituents is 1. The van der Waals surface area contributed by atoms with Crippen molar-refractivity contribution in [3.8, 4) is 5.75 Å². The molecule has 4 atom stereocenters. The van der Waals surface area contributed by atoms with E-state index in [4.69, 9.17) is 11.5 Å². The Bertz CT molecular complexity index is 942. The van der Waals surface area contributed by atoms with E-state index in [9.17, 15) is 34.2 Å². The number of primary amides is 1. The molecule has 0 radical (unpaired) electrons. The molecule has 0 aliphatic carbocycles. The molecule has 0 saturated heterocycles. The van der Waals surface area contributed by atoms with Crippen molar-refractivity contribution in [1.29, 1.82) is 0 Å². The van der Waals surface area contributed by atoms with Gasteiger partial charge in [-0.2, -0.15) is 11.8 Å². The average molecular weight is 540 g/mol. The minimum atomic E-state index is -1.59. The molecular weight excluding hydrogens is 502 g/mol. The van der Waals surface area contributed by atoms with Crippen LogP contribution in [0, 0.1) is 5.92 Å². The zero-order chi connectivity index (χ0) is 28.1. The third-order valence-corrected chi connectivity index (χ3v) is 5.98. The number of carboxylic acid groups (broad SMARTS) is 1. The summed E-state index contributed by atoms with van der Waals surface area (Å²) in [6.07, 6.45) is 1.83. The maximum Gasteiger partial charge on any atom is 0.326 e. The number of amides is 4. The van der Waals surface area contributed by atoms with Gasteiger partial charge in [-0.3, -0.25) is 19.2 Å². The summed E-state index contributed by atoms with van der Waals surface area (Å²) in [7, 11) is 0. The van der Waals surface area contributed by atoms with Crippen LogP contribution in [0.4, 0.5) is 0 Å². The summed E-state index contributed by atoms with van der Waals surface area (Å²) in [6, 6.07) is 1.22. The van der Waals surface area contributed by atoms with Gasteiger partial charge in [0, 0.05) is 6.42 Å². The van der Waals surface area contributed by atoms with Gasteiger partial charge in [0.2, 0.25) is 23.6 Å². The lowest BCUT2D eigenvalue weighted by atomic mass is 10.0. The molecule has 37 heavy (non-hydrogen) atoms. The first-order valence-electron chi connectivity index (χ1n) is 11.8. The molecule has 13 heteroatoms. The lowest BCUT2D eigenvalue weighted by molar-refractivity contribution is -0.143. The minimum Gasteiger partial charge on any atom is -0.508 e. The smallest absolute Gasteiger partial charge is 0.326 e. The molecule has 0 spiro atoms. The Morgan fingerprint density at radius 3 is 1.97 bits per heavy atom. The van der Waals surface area contributed by atoms with Crippen molar-refractivity contribution in [1.82, 2.24) is 16.0 Å². The van der Waals surface area contributed by atoms with Crippen molar-refractivity contribution in [3.63, 3.8) is 0 Å². The first-order chi connectivity index (χ1) is 17.3. The number of hydrogen-bond acceptors (Lipinski definition) is 8. The lowest BCUT2D eigenvalue weighted by Crippen LogP contribution is -2.58. The van der Waals surface area contributed by atoms with Gasteiger partial charge in [-0.05, 0) is 48.5 Å². The van der Waals surface area contributed by atoms with Crippen LogP contribution >= 0.6 is 11.8 Å². The standard InChI is InChI=1S/C24H37N5O7S/c1-13(2)10-16(25)21(32)27-17(8-9-37-3)22(33)28-18(11-14-4-6-15(30)7-5-14)23(34)29-19(24(35)36)12-20(26)31/h4-7,13,16-19,30H,8-12,25H2,1-3H3,(H2,26,31)(H,27,32)(H,28,33)(H,29,34)(H,35,36). The number of aliphatic carboxylic acids is 1. The molecule has 0 bridgehead atoms. The summed E-state index contributed by atoms with van der Waals surface area (Å²) in [4.78, 5) is 61.6. The van der Waals surface area contributed by atoms with Gasteiger partial charge in [-0.15, -0.1) is 0 Å². The zero-order valence-corrected chi connectivity index (χ0v) is 22.0. The van der Waals surface area contributed by atoms with Crippen molar-refractivity contribution in [2.45, 2.75) is 63.7 Å². The second-order valence-corrected chi connectivity index (χ2v) is 10.1. The number of aromatic hydroxyl groups is 1. The van der Waals surface area contributed by atoms with Crippen LogP contribution in [0.3, 0.4) is 0 Å². The molecule has 4 unspecified atom stereocenters. The zero-order valence-electron chi connectivity index (χ0n) is 21.2. The SMILES string of the molecule is CSCCC(NC(=O)C(N)CC(C)C)C(=O)NC(Cc1ccc(O)cc1)C(=O)NC(CC(N)=O)C(=O)O. The predicted octanol–water partition coefficient (Wildman–Crippen LogP) is -0.524. The molecule has 9 N–H and O–H groups in total. The number of nitrogens with one attached hydrogen (secondary N) is 3. The summed E-state index contributed by atoms with van der Waals surface area (Å²) in [5.41, 5.74) is 11.6. The number of carbonyl (C=O) groups is 5. The van der Waals surface area contributed by atoms with Gasteiger partial charge < -0.3 is 37.6 Å². The quantitative estimate of drug-likeness (QED) is 0.144. The summed E-state index contributed by atoms with van der Waals surface area (Å²) in [5, 5.41) is 26.4. The number of carbonyl (C=O) groups excluding carboxylic acids is 4. The van der Waals surface area contributed by atoms with Gasteiger partial charge in [0.1, 0.15) is 23.9 Å². The van der Waals surface area contributed by atoms with E-state index in [-0.39, 0.29) is 24.5 Å². The lowest BCUT2D eigenvalue weighted by Gasteiger charge is -2.25. The molecule has 0 heterocycles. The minimum absolute atomic E-state index is 0.00114. The van der Waals surface area contributed by atoms with Crippen molar-refractivity contribution in [3.05, 3.63) is 29.8 Å². The molecule has 1 aromatic rings. The number of thioether (sulfide) groups is 1. The van der Waals surface area contributed by atoms with Gasteiger partial charge in [-0.1, -0.05) is 26.0 Å². The molecule has 1 rings (SSSR count). The normalized spacial score (nSPS) is 14.2. The fourth-order valence-corrected chi connectivity index (χ4v) is 3.89. The van der Waals surface area contributed by atoms with E-state index in [2.05, 4.69) is 16.0 Å². The summed E-state index contributed by atoms with van der Waals surface area (Å²) in [6.45, 7) is 3.83. The monoisotopic (exact) mass is 539 g/mol. The second-order valence-electron chi connectivity index (χ2n) is 9.08. The van der Waals surface area contributed by atoms with Gasteiger partial charge >= 0.3 is 5.97 Å². The molecule has 206 valence electrons. The highest BCUT2D eigenvalue weighted by molar-refractivity contribution is 7.98. The van der Waals surface area contributed by atoms with Crippen LogP contribution in [0.25, 0.3) is 0 Å². The highest BCUT2D eigenvalue weighted by Crippen LogP contribution is 2.12. The Morgan fingerprint density at radius 2 is 1.46 bits per heavy atom. The average Bonchev–Trinajstić information content (AvgIpc) is 2.81. The largest absolute Gasteiger partial charge is 0.508 e. The molecule has 12 nitrogen and oxygen atoms in total. The fraction of sp³-hybridized carbons (Fsp3) is 0.542. The van der Waals surface area contributed by atoms with Crippen LogP contribution in [0.2, 0.25) is 0 Å². The Kier molecular flexibility index (Phi) is 13.5. The molecule has 0 aromatic heterocycles. The van der Waals surface area contributed by atoms with Gasteiger partial charge in [0.15, 0.2) is 0 Å². The highest BCUT2D eigenvalue weighted by atomic mass is 32.2. The van der Waals surface area contributed by atoms with Gasteiger partial charge in [0.05, 0.1) is 12.5 Å². The van der Waals surface area contributed by atoms with Crippen LogP contribution < -0.4 is 27.4 Å². The van der Waals surface area contributed by atoms with Gasteiger partial charge in [0.25, 0.3) is 0 Å². The highest BCUT2D eigenvalue weighted by Gasteiger charge is 2.31. The van der Waals surface area contributed by atoms with Crippen molar-refractivity contribution < 1.29 is 34.2 Å². The van der Waals surface area contributed by atoms with Crippen molar-refractivity contribution in [2.75, 3.05) is 12.0 Å². The number of benzene rings is 1. The first kappa shape index (κ1) is 31.7. The van der Waals surface area contributed by atoms with E-state index in [1.54, 1.807) is 0 Å². The summed E-state index contributed by atoms with van der Waals surface area (Å²) in [5.74, 6) is -3.70. The molecule has 0 aliphatic heterocycles. The third kappa shape index (κ3) is 12.0.